The molecular formula is C23H19NO5. The molecule has 1 aliphatic rings. The van der Waals surface area contributed by atoms with Crippen molar-refractivity contribution in [2.24, 2.45) is 0 Å². The van der Waals surface area contributed by atoms with E-state index >= 15 is 0 Å². The summed E-state index contributed by atoms with van der Waals surface area (Å²) in [6.45, 7) is 0.168. The maximum absolute atomic E-state index is 13.1. The number of Topliss-reactive ketones (excluding diaryl/α,β-unsaturated/α-hetero) is 1. The first kappa shape index (κ1) is 18.6. The average Bonchev–Trinajstić information content (AvgIpc) is 3.38. The summed E-state index contributed by atoms with van der Waals surface area (Å²) < 4.78 is 10.6. The summed E-state index contributed by atoms with van der Waals surface area (Å²) in [7, 11) is 1.56. The number of carbonyl (C=O) groups is 2. The number of carbonyl (C=O) groups excluding carboxylic acids is 2. The van der Waals surface area contributed by atoms with Crippen molar-refractivity contribution in [3.8, 4) is 5.75 Å². The van der Waals surface area contributed by atoms with Crippen molar-refractivity contribution in [1.29, 1.82) is 0 Å². The third kappa shape index (κ3) is 3.29. The largest absolute Gasteiger partial charge is 0.503 e. The van der Waals surface area contributed by atoms with E-state index in [0.717, 1.165) is 11.1 Å². The molecule has 4 rings (SSSR count). The molecule has 0 spiro atoms. The Labute approximate surface area is 167 Å². The number of aliphatic hydroxyl groups excluding tert-OH is 1. The van der Waals surface area contributed by atoms with Gasteiger partial charge < -0.3 is 19.2 Å². The highest BCUT2D eigenvalue weighted by Crippen LogP contribution is 2.40. The summed E-state index contributed by atoms with van der Waals surface area (Å²) in [5.41, 5.74) is 1.49. The van der Waals surface area contributed by atoms with E-state index in [1.165, 1.54) is 17.2 Å². The summed E-state index contributed by atoms with van der Waals surface area (Å²) in [5, 5.41) is 10.6. The van der Waals surface area contributed by atoms with Crippen LogP contribution in [0.4, 0.5) is 0 Å². The highest BCUT2D eigenvalue weighted by Gasteiger charge is 2.44. The van der Waals surface area contributed by atoms with Gasteiger partial charge in [-0.05, 0) is 23.8 Å². The highest BCUT2D eigenvalue weighted by molar-refractivity contribution is 6.15. The van der Waals surface area contributed by atoms with Gasteiger partial charge >= 0.3 is 0 Å². The van der Waals surface area contributed by atoms with Gasteiger partial charge in [0.1, 0.15) is 5.75 Å². The first-order chi connectivity index (χ1) is 14.1. The van der Waals surface area contributed by atoms with Crippen LogP contribution in [0.2, 0.25) is 0 Å². The number of hydrogen-bond donors (Lipinski definition) is 1. The lowest BCUT2D eigenvalue weighted by Gasteiger charge is -2.27. The van der Waals surface area contributed by atoms with Crippen LogP contribution in [0.1, 0.15) is 27.7 Å². The van der Waals surface area contributed by atoms with Gasteiger partial charge in [0.15, 0.2) is 11.5 Å². The minimum absolute atomic E-state index is 0.00560. The second-order valence-electron chi connectivity index (χ2n) is 6.63. The normalized spacial score (nSPS) is 16.4. The van der Waals surface area contributed by atoms with E-state index in [1.54, 1.807) is 19.2 Å². The molecule has 146 valence electrons. The van der Waals surface area contributed by atoms with Gasteiger partial charge in [0, 0.05) is 5.56 Å². The van der Waals surface area contributed by atoms with Gasteiger partial charge in [-0.1, -0.05) is 48.5 Å². The van der Waals surface area contributed by atoms with E-state index in [-0.39, 0.29) is 17.9 Å². The Balaban J connectivity index is 1.79. The van der Waals surface area contributed by atoms with Crippen LogP contribution in [0.5, 0.6) is 5.75 Å². The maximum atomic E-state index is 13.1. The monoisotopic (exact) mass is 389 g/mol. The number of nitrogens with zero attached hydrogens (tertiary/aromatic N) is 1. The third-order valence-corrected chi connectivity index (χ3v) is 4.94. The molecule has 0 saturated carbocycles. The number of para-hydroxylation sites is 1. The quantitative estimate of drug-likeness (QED) is 0.643. The summed E-state index contributed by atoms with van der Waals surface area (Å²) in [6, 6.07) is 18.8. The van der Waals surface area contributed by atoms with Gasteiger partial charge in [-0.3, -0.25) is 9.59 Å². The van der Waals surface area contributed by atoms with Crippen LogP contribution in [0.25, 0.3) is 0 Å². The number of hydrogen-bond acceptors (Lipinski definition) is 5. The lowest BCUT2D eigenvalue weighted by atomic mass is 9.95. The van der Waals surface area contributed by atoms with Crippen molar-refractivity contribution in [3.05, 3.63) is 101 Å². The summed E-state index contributed by atoms with van der Waals surface area (Å²) in [5.74, 6) is -0.996. The van der Waals surface area contributed by atoms with Crippen LogP contribution < -0.4 is 4.74 Å². The third-order valence-electron chi connectivity index (χ3n) is 4.94. The molecular weight excluding hydrogens is 370 g/mol. The molecule has 2 aromatic carbocycles. The second kappa shape index (κ2) is 7.67. The Morgan fingerprint density at radius 3 is 2.48 bits per heavy atom. The Kier molecular flexibility index (Phi) is 4.91. The minimum atomic E-state index is -0.744. The topological polar surface area (TPSA) is 80.0 Å². The molecule has 3 aromatic rings. The van der Waals surface area contributed by atoms with Gasteiger partial charge in [0.05, 0.1) is 31.5 Å². The molecule has 29 heavy (non-hydrogen) atoms. The number of amides is 1. The molecule has 6 nitrogen and oxygen atoms in total. The van der Waals surface area contributed by atoms with Crippen LogP contribution in [0.3, 0.4) is 0 Å². The van der Waals surface area contributed by atoms with Gasteiger partial charge in [0.2, 0.25) is 5.78 Å². The number of benzene rings is 2. The molecule has 1 aromatic heterocycles. The first-order valence-corrected chi connectivity index (χ1v) is 9.11. The lowest BCUT2D eigenvalue weighted by molar-refractivity contribution is -0.130. The molecule has 2 heterocycles. The highest BCUT2D eigenvalue weighted by atomic mass is 16.5. The van der Waals surface area contributed by atoms with Crippen LogP contribution >= 0.6 is 0 Å². The predicted molar refractivity (Wildman–Crippen MR) is 105 cm³/mol. The van der Waals surface area contributed by atoms with Crippen LogP contribution in [-0.4, -0.2) is 28.8 Å². The zero-order valence-corrected chi connectivity index (χ0v) is 15.7. The molecule has 1 N–H and O–H groups in total. The summed E-state index contributed by atoms with van der Waals surface area (Å²) >= 11 is 0. The number of furan rings is 1. The van der Waals surface area contributed by atoms with Gasteiger partial charge in [-0.2, -0.15) is 0 Å². The van der Waals surface area contributed by atoms with Crippen molar-refractivity contribution in [2.45, 2.75) is 12.6 Å². The van der Waals surface area contributed by atoms with Gasteiger partial charge in [0.25, 0.3) is 5.91 Å². The van der Waals surface area contributed by atoms with E-state index in [4.69, 9.17) is 9.15 Å². The Morgan fingerprint density at radius 2 is 1.79 bits per heavy atom. The van der Waals surface area contributed by atoms with Crippen LogP contribution in [0, 0.1) is 0 Å². The van der Waals surface area contributed by atoms with E-state index in [0.29, 0.717) is 5.75 Å². The smallest absolute Gasteiger partial charge is 0.290 e. The summed E-state index contributed by atoms with van der Waals surface area (Å²) in [6.07, 6.45) is 1.38. The molecule has 0 radical (unpaired) electrons. The number of ketones is 1. The van der Waals surface area contributed by atoms with Crippen molar-refractivity contribution >= 4 is 11.7 Å². The second-order valence-corrected chi connectivity index (χ2v) is 6.63. The van der Waals surface area contributed by atoms with E-state index in [2.05, 4.69) is 0 Å². The Hall–Kier alpha value is -3.80. The first-order valence-electron chi connectivity index (χ1n) is 9.11. The fourth-order valence-electron chi connectivity index (χ4n) is 3.59. The number of methoxy groups -OCH3 is 1. The molecule has 1 aliphatic heterocycles. The zero-order chi connectivity index (χ0) is 20.4. The number of aliphatic hydroxyl groups is 1. The van der Waals surface area contributed by atoms with E-state index in [1.807, 2.05) is 48.5 Å². The average molecular weight is 389 g/mol. The van der Waals surface area contributed by atoms with E-state index < -0.39 is 23.5 Å². The lowest BCUT2D eigenvalue weighted by Crippen LogP contribution is -2.30. The fraction of sp³-hybridized carbons (Fsp3) is 0.130. The fourth-order valence-corrected chi connectivity index (χ4v) is 3.59. The summed E-state index contributed by atoms with van der Waals surface area (Å²) in [4.78, 5) is 27.5. The molecule has 0 saturated heterocycles. The van der Waals surface area contributed by atoms with Crippen molar-refractivity contribution in [1.82, 2.24) is 4.90 Å². The predicted octanol–water partition coefficient (Wildman–Crippen LogP) is 4.07. The standard InChI is InChI=1S/C23H19NO5/c1-28-17-11-6-5-10-16(17)14-24-20(15-8-3-2-4-9-15)19(22(26)23(24)27)21(25)18-12-7-13-29-18/h2-13,20,26H,14H2,1H3. The van der Waals surface area contributed by atoms with Crippen LogP contribution in [0.15, 0.2) is 88.7 Å². The number of rotatable bonds is 6. The molecule has 6 heteroatoms. The molecule has 0 fully saturated rings. The van der Waals surface area contributed by atoms with Gasteiger partial charge in [-0.15, -0.1) is 0 Å². The maximum Gasteiger partial charge on any atom is 0.290 e. The van der Waals surface area contributed by atoms with E-state index in [9.17, 15) is 14.7 Å². The molecule has 0 aliphatic carbocycles. The van der Waals surface area contributed by atoms with Crippen molar-refractivity contribution < 1.29 is 23.8 Å². The van der Waals surface area contributed by atoms with Gasteiger partial charge in [-0.25, -0.2) is 0 Å². The molecule has 1 unspecified atom stereocenters. The number of ether oxygens (including phenoxy) is 1. The Bertz CT molecular complexity index is 1070. The molecule has 1 amide bonds. The minimum Gasteiger partial charge on any atom is -0.503 e. The SMILES string of the molecule is COc1ccccc1CN1C(=O)C(O)=C(C(=O)c2ccco2)C1c1ccccc1. The zero-order valence-electron chi connectivity index (χ0n) is 15.7. The molecule has 0 bridgehead atoms. The van der Waals surface area contributed by atoms with Crippen LogP contribution in [-0.2, 0) is 11.3 Å². The van der Waals surface area contributed by atoms with Crippen molar-refractivity contribution in [2.75, 3.05) is 7.11 Å². The molecule has 1 atom stereocenters. The van der Waals surface area contributed by atoms with Crippen molar-refractivity contribution in [3.63, 3.8) is 0 Å². The Morgan fingerprint density at radius 1 is 1.07 bits per heavy atom.